The van der Waals surface area contributed by atoms with Gasteiger partial charge >= 0.3 is 0 Å². The zero-order valence-electron chi connectivity index (χ0n) is 11.4. The summed E-state index contributed by atoms with van der Waals surface area (Å²) in [6, 6.07) is 1.66. The highest BCUT2D eigenvalue weighted by atomic mass is 16.5. The van der Waals surface area contributed by atoms with Gasteiger partial charge < -0.3 is 19.5 Å². The van der Waals surface area contributed by atoms with E-state index in [1.165, 1.54) is 0 Å². The summed E-state index contributed by atoms with van der Waals surface area (Å²) in [7, 11) is 3.15. The van der Waals surface area contributed by atoms with Crippen LogP contribution in [0.3, 0.4) is 0 Å². The van der Waals surface area contributed by atoms with Crippen molar-refractivity contribution in [1.29, 1.82) is 0 Å². The smallest absolute Gasteiger partial charge is 0.232 e. The molecule has 1 saturated heterocycles. The highest BCUT2D eigenvalue weighted by Crippen LogP contribution is 2.20. The molecule has 0 aliphatic carbocycles. The van der Waals surface area contributed by atoms with Crippen LogP contribution in [0.1, 0.15) is 0 Å². The largest absolute Gasteiger partial charge is 0.481 e. The zero-order chi connectivity index (χ0) is 13.7. The van der Waals surface area contributed by atoms with E-state index in [9.17, 15) is 0 Å². The van der Waals surface area contributed by atoms with Crippen molar-refractivity contribution in [1.82, 2.24) is 14.9 Å². The Kier molecular flexibility index (Phi) is 4.75. The van der Waals surface area contributed by atoms with Gasteiger partial charge in [0.25, 0.3) is 0 Å². The minimum absolute atomic E-state index is 0.198. The van der Waals surface area contributed by atoms with Crippen molar-refractivity contribution in [2.24, 2.45) is 0 Å². The molecule has 1 fully saturated rings. The first kappa shape index (κ1) is 13.8. The number of methoxy groups -OCH3 is 2. The number of aliphatic hydroxyl groups excluding tert-OH is 1. The number of piperazine rings is 1. The van der Waals surface area contributed by atoms with Crippen LogP contribution in [-0.4, -0.2) is 73.5 Å². The molecule has 0 atom stereocenters. The first-order valence-corrected chi connectivity index (χ1v) is 6.32. The van der Waals surface area contributed by atoms with E-state index in [2.05, 4.69) is 19.8 Å². The molecule has 0 amide bonds. The van der Waals surface area contributed by atoms with Gasteiger partial charge in [-0.3, -0.25) is 4.90 Å². The molecule has 7 nitrogen and oxygen atoms in total. The van der Waals surface area contributed by atoms with Gasteiger partial charge in [-0.15, -0.1) is 0 Å². The van der Waals surface area contributed by atoms with Crippen molar-refractivity contribution in [2.75, 3.05) is 58.5 Å². The van der Waals surface area contributed by atoms with Crippen LogP contribution in [0.5, 0.6) is 11.8 Å². The van der Waals surface area contributed by atoms with E-state index >= 15 is 0 Å². The van der Waals surface area contributed by atoms with Gasteiger partial charge in [-0.2, -0.15) is 9.97 Å². The van der Waals surface area contributed by atoms with E-state index in [0.29, 0.717) is 17.7 Å². The van der Waals surface area contributed by atoms with Gasteiger partial charge in [-0.25, -0.2) is 0 Å². The number of rotatable bonds is 5. The van der Waals surface area contributed by atoms with E-state index in [1.807, 2.05) is 0 Å². The van der Waals surface area contributed by atoms with Gasteiger partial charge in [0.05, 0.1) is 26.9 Å². The Labute approximate surface area is 112 Å². The molecular formula is C12H20N4O3. The third-order valence-electron chi connectivity index (χ3n) is 3.16. The summed E-state index contributed by atoms with van der Waals surface area (Å²) in [5.41, 5.74) is 0. The zero-order valence-corrected chi connectivity index (χ0v) is 11.4. The average Bonchev–Trinajstić information content (AvgIpc) is 2.47. The van der Waals surface area contributed by atoms with Crippen LogP contribution in [0, 0.1) is 0 Å². The number of aromatic nitrogens is 2. The summed E-state index contributed by atoms with van der Waals surface area (Å²) in [5.74, 6) is 1.62. The van der Waals surface area contributed by atoms with Gasteiger partial charge in [-0.05, 0) is 0 Å². The lowest BCUT2D eigenvalue weighted by atomic mass is 10.3. The van der Waals surface area contributed by atoms with Crippen molar-refractivity contribution in [3.63, 3.8) is 0 Å². The Hall–Kier alpha value is -1.60. The summed E-state index contributed by atoms with van der Waals surface area (Å²) >= 11 is 0. The quantitative estimate of drug-likeness (QED) is 0.779. The fraction of sp³-hybridized carbons (Fsp3) is 0.667. The minimum Gasteiger partial charge on any atom is -0.481 e. The monoisotopic (exact) mass is 268 g/mol. The summed E-state index contributed by atoms with van der Waals surface area (Å²) in [4.78, 5) is 13.0. The van der Waals surface area contributed by atoms with Crippen LogP contribution in [0.4, 0.5) is 5.95 Å². The lowest BCUT2D eigenvalue weighted by Crippen LogP contribution is -2.47. The molecule has 1 aliphatic rings. The predicted molar refractivity (Wildman–Crippen MR) is 70.9 cm³/mol. The maximum atomic E-state index is 8.93. The van der Waals surface area contributed by atoms with Crippen molar-refractivity contribution >= 4 is 5.95 Å². The lowest BCUT2D eigenvalue weighted by molar-refractivity contribution is 0.188. The van der Waals surface area contributed by atoms with Crippen LogP contribution in [0.15, 0.2) is 6.07 Å². The topological polar surface area (TPSA) is 71.0 Å². The normalized spacial score (nSPS) is 16.5. The molecule has 7 heteroatoms. The number of anilines is 1. The van der Waals surface area contributed by atoms with Crippen LogP contribution in [0.2, 0.25) is 0 Å². The summed E-state index contributed by atoms with van der Waals surface area (Å²) in [6.45, 7) is 4.36. The van der Waals surface area contributed by atoms with Crippen molar-refractivity contribution in [3.05, 3.63) is 6.07 Å². The predicted octanol–water partition coefficient (Wildman–Crippen LogP) is -0.392. The number of nitrogens with zero attached hydrogens (tertiary/aromatic N) is 4. The van der Waals surface area contributed by atoms with E-state index in [4.69, 9.17) is 14.6 Å². The highest BCUT2D eigenvalue weighted by Gasteiger charge is 2.19. The Morgan fingerprint density at radius 2 is 1.68 bits per heavy atom. The first-order valence-electron chi connectivity index (χ1n) is 6.32. The number of hydrogen-bond donors (Lipinski definition) is 1. The Balaban J connectivity index is 2.06. The van der Waals surface area contributed by atoms with Gasteiger partial charge in [-0.1, -0.05) is 0 Å². The molecule has 19 heavy (non-hydrogen) atoms. The summed E-state index contributed by atoms with van der Waals surface area (Å²) in [6.07, 6.45) is 0. The SMILES string of the molecule is COc1cc(OC)nc(N2CCN(CCO)CC2)n1. The fourth-order valence-electron chi connectivity index (χ4n) is 2.06. The van der Waals surface area contributed by atoms with Gasteiger partial charge in [0.1, 0.15) is 0 Å². The average molecular weight is 268 g/mol. The van der Waals surface area contributed by atoms with E-state index < -0.39 is 0 Å². The van der Waals surface area contributed by atoms with Gasteiger partial charge in [0.2, 0.25) is 17.7 Å². The van der Waals surface area contributed by atoms with Gasteiger partial charge in [0.15, 0.2) is 0 Å². The molecule has 106 valence electrons. The highest BCUT2D eigenvalue weighted by molar-refractivity contribution is 5.37. The molecule has 0 bridgehead atoms. The molecule has 0 radical (unpaired) electrons. The third kappa shape index (κ3) is 3.45. The molecule has 1 aromatic rings. The van der Waals surface area contributed by atoms with Crippen LogP contribution >= 0.6 is 0 Å². The number of β-amino-alcohol motifs (C(OH)–C–C–N with tert-alkyl or cyclic N) is 1. The molecule has 2 rings (SSSR count). The summed E-state index contributed by atoms with van der Waals surface area (Å²) < 4.78 is 10.3. The Morgan fingerprint density at radius 3 is 2.16 bits per heavy atom. The van der Waals surface area contributed by atoms with E-state index in [-0.39, 0.29) is 6.61 Å². The van der Waals surface area contributed by atoms with Crippen LogP contribution < -0.4 is 14.4 Å². The second-order valence-electron chi connectivity index (χ2n) is 4.30. The molecule has 1 aliphatic heterocycles. The molecule has 0 saturated carbocycles. The molecule has 0 spiro atoms. The van der Waals surface area contributed by atoms with Crippen molar-refractivity contribution in [3.8, 4) is 11.8 Å². The number of ether oxygens (including phenoxy) is 2. The molecule has 0 aromatic carbocycles. The number of hydrogen-bond acceptors (Lipinski definition) is 7. The molecule has 2 heterocycles. The summed E-state index contributed by atoms with van der Waals surface area (Å²) in [5, 5.41) is 8.93. The minimum atomic E-state index is 0.198. The second kappa shape index (κ2) is 6.53. The maximum Gasteiger partial charge on any atom is 0.232 e. The first-order chi connectivity index (χ1) is 9.26. The molecule has 1 aromatic heterocycles. The third-order valence-corrected chi connectivity index (χ3v) is 3.16. The standard InChI is InChI=1S/C12H20N4O3/c1-18-10-9-11(19-2)14-12(13-10)16-5-3-15(4-6-16)7-8-17/h9,17H,3-8H2,1-2H3. The lowest BCUT2D eigenvalue weighted by Gasteiger charge is -2.34. The Morgan fingerprint density at radius 1 is 1.11 bits per heavy atom. The molecule has 0 unspecified atom stereocenters. The van der Waals surface area contributed by atoms with Crippen molar-refractivity contribution < 1.29 is 14.6 Å². The van der Waals surface area contributed by atoms with E-state index in [0.717, 1.165) is 32.7 Å². The molecular weight excluding hydrogens is 248 g/mol. The Bertz CT molecular complexity index is 386. The van der Waals surface area contributed by atoms with Crippen LogP contribution in [0.25, 0.3) is 0 Å². The van der Waals surface area contributed by atoms with E-state index in [1.54, 1.807) is 20.3 Å². The number of aliphatic hydroxyl groups is 1. The second-order valence-corrected chi connectivity index (χ2v) is 4.30. The van der Waals surface area contributed by atoms with Crippen LogP contribution in [-0.2, 0) is 0 Å². The maximum absolute atomic E-state index is 8.93. The fourth-order valence-corrected chi connectivity index (χ4v) is 2.06. The van der Waals surface area contributed by atoms with Crippen molar-refractivity contribution in [2.45, 2.75) is 0 Å². The van der Waals surface area contributed by atoms with Gasteiger partial charge in [0, 0.05) is 32.7 Å². The molecule has 1 N–H and O–H groups in total.